The Bertz CT molecular complexity index is 1390. The molecule has 3 aromatic carbocycles. The Morgan fingerprint density at radius 2 is 1.75 bits per heavy atom. The number of carbonyl (C=O) groups is 3. The maximum absolute atomic E-state index is 14.4. The summed E-state index contributed by atoms with van der Waals surface area (Å²) in [6, 6.07) is 19.0. The molecule has 4 aromatic rings. The van der Waals surface area contributed by atoms with Gasteiger partial charge in [0.25, 0.3) is 0 Å². The zero-order valence-corrected chi connectivity index (χ0v) is 19.4. The van der Waals surface area contributed by atoms with Crippen molar-refractivity contribution in [3.63, 3.8) is 0 Å². The molecule has 0 fully saturated rings. The van der Waals surface area contributed by atoms with Crippen molar-refractivity contribution in [2.75, 3.05) is 12.4 Å². The molecule has 8 nitrogen and oxygen atoms in total. The molecule has 3 N–H and O–H groups in total. The second-order valence-corrected chi connectivity index (χ2v) is 8.00. The van der Waals surface area contributed by atoms with Crippen molar-refractivity contribution in [3.8, 4) is 0 Å². The Labute approximate surface area is 206 Å². The number of hydrogen-bond donors (Lipinski definition) is 3. The lowest BCUT2D eigenvalue weighted by Gasteiger charge is -2.19. The molecule has 0 spiro atoms. The highest BCUT2D eigenvalue weighted by Crippen LogP contribution is 2.21. The Morgan fingerprint density at radius 3 is 2.53 bits per heavy atom. The molecule has 9 heteroatoms. The van der Waals surface area contributed by atoms with Crippen LogP contribution in [0.4, 0.5) is 14.9 Å². The predicted molar refractivity (Wildman–Crippen MR) is 132 cm³/mol. The van der Waals surface area contributed by atoms with E-state index in [1.165, 1.54) is 19.2 Å². The Balaban J connectivity index is 1.54. The van der Waals surface area contributed by atoms with Gasteiger partial charge in [-0.25, -0.2) is 14.0 Å². The van der Waals surface area contributed by atoms with Gasteiger partial charge in [-0.3, -0.25) is 4.79 Å². The highest BCUT2D eigenvalue weighted by molar-refractivity contribution is 5.99. The molecule has 1 atom stereocenters. The van der Waals surface area contributed by atoms with Crippen molar-refractivity contribution < 1.29 is 28.2 Å². The van der Waals surface area contributed by atoms with Gasteiger partial charge in [0.1, 0.15) is 18.5 Å². The van der Waals surface area contributed by atoms with Crippen LogP contribution in [0.3, 0.4) is 0 Å². The minimum atomic E-state index is -1.10. The maximum Gasteiger partial charge on any atom is 0.408 e. The number of aromatic nitrogens is 1. The number of aromatic amines is 1. The van der Waals surface area contributed by atoms with Gasteiger partial charge >= 0.3 is 12.1 Å². The fraction of sp³-hybridized carbons (Fsp3) is 0.148. The molecule has 1 unspecified atom stereocenters. The highest BCUT2D eigenvalue weighted by atomic mass is 19.1. The lowest BCUT2D eigenvalue weighted by Crippen LogP contribution is -2.45. The van der Waals surface area contributed by atoms with E-state index < -0.39 is 29.8 Å². The molecule has 36 heavy (non-hydrogen) atoms. The number of hydrogen-bond acceptors (Lipinski definition) is 5. The summed E-state index contributed by atoms with van der Waals surface area (Å²) in [5, 5.41) is 5.93. The smallest absolute Gasteiger partial charge is 0.408 e. The maximum atomic E-state index is 14.4. The first-order chi connectivity index (χ1) is 17.4. The summed E-state index contributed by atoms with van der Waals surface area (Å²) in [4.78, 5) is 40.7. The molecule has 0 saturated heterocycles. The Hall–Kier alpha value is -4.66. The van der Waals surface area contributed by atoms with Crippen LogP contribution in [0.15, 0.2) is 79.0 Å². The van der Waals surface area contributed by atoms with Crippen LogP contribution >= 0.6 is 0 Å². The lowest BCUT2D eigenvalue weighted by molar-refractivity contribution is -0.118. The van der Waals surface area contributed by atoms with E-state index in [1.807, 2.05) is 42.5 Å². The van der Waals surface area contributed by atoms with Crippen molar-refractivity contribution >= 4 is 34.6 Å². The summed E-state index contributed by atoms with van der Waals surface area (Å²) >= 11 is 0. The topological polar surface area (TPSA) is 110 Å². The number of rotatable bonds is 8. The number of H-pyrrole nitrogens is 1. The molecule has 2 amide bonds. The van der Waals surface area contributed by atoms with Crippen LogP contribution in [0, 0.1) is 5.82 Å². The molecule has 1 aromatic heterocycles. The number of nitrogens with one attached hydrogen (secondary N) is 3. The van der Waals surface area contributed by atoms with Crippen molar-refractivity contribution in [3.05, 3.63) is 102 Å². The number of benzene rings is 3. The summed E-state index contributed by atoms with van der Waals surface area (Å²) in [7, 11) is 1.20. The average molecular weight is 490 g/mol. The van der Waals surface area contributed by atoms with Crippen LogP contribution in [0.1, 0.15) is 21.5 Å². The first kappa shape index (κ1) is 24.5. The second kappa shape index (κ2) is 11.2. The molecule has 0 saturated carbocycles. The summed E-state index contributed by atoms with van der Waals surface area (Å²) in [5.41, 5.74) is 2.28. The third-order valence-corrected chi connectivity index (χ3v) is 5.57. The molecule has 0 aliphatic heterocycles. The zero-order chi connectivity index (χ0) is 25.5. The van der Waals surface area contributed by atoms with E-state index in [0.29, 0.717) is 0 Å². The van der Waals surface area contributed by atoms with Gasteiger partial charge in [-0.1, -0.05) is 48.5 Å². The van der Waals surface area contributed by atoms with E-state index in [4.69, 9.17) is 4.74 Å². The van der Waals surface area contributed by atoms with E-state index in [2.05, 4.69) is 20.4 Å². The number of halogens is 1. The van der Waals surface area contributed by atoms with E-state index in [9.17, 15) is 18.8 Å². The fourth-order valence-corrected chi connectivity index (χ4v) is 3.72. The lowest BCUT2D eigenvalue weighted by atomic mass is 10.0. The van der Waals surface area contributed by atoms with E-state index >= 15 is 0 Å². The van der Waals surface area contributed by atoms with Gasteiger partial charge < -0.3 is 25.1 Å². The molecule has 0 aliphatic rings. The molecule has 1 heterocycles. The summed E-state index contributed by atoms with van der Waals surface area (Å²) in [5.74, 6) is -2.10. The third kappa shape index (κ3) is 5.87. The van der Waals surface area contributed by atoms with Gasteiger partial charge in [-0.2, -0.15) is 0 Å². The number of methoxy groups -OCH3 is 1. The molecule has 184 valence electrons. The normalized spacial score (nSPS) is 11.5. The van der Waals surface area contributed by atoms with Gasteiger partial charge in [0.2, 0.25) is 5.91 Å². The average Bonchev–Trinajstić information content (AvgIpc) is 3.31. The molecule has 0 bridgehead atoms. The number of para-hydroxylation sites is 1. The number of carbonyl (C=O) groups excluding carboxylic acids is 3. The number of fused-ring (bicyclic) bond motifs is 1. The van der Waals surface area contributed by atoms with Gasteiger partial charge in [0.15, 0.2) is 0 Å². The summed E-state index contributed by atoms with van der Waals surface area (Å²) in [6.45, 7) is 0.0178. The minimum absolute atomic E-state index is 0.0178. The second-order valence-electron chi connectivity index (χ2n) is 8.00. The summed E-state index contributed by atoms with van der Waals surface area (Å²) < 4.78 is 24.4. The summed E-state index contributed by atoms with van der Waals surface area (Å²) in [6.07, 6.45) is 1.05. The highest BCUT2D eigenvalue weighted by Gasteiger charge is 2.25. The fourth-order valence-electron chi connectivity index (χ4n) is 3.72. The molecule has 0 radical (unpaired) electrons. The number of amides is 2. The van der Waals surface area contributed by atoms with E-state index in [-0.39, 0.29) is 24.3 Å². The van der Waals surface area contributed by atoms with E-state index in [0.717, 1.165) is 28.1 Å². The van der Waals surface area contributed by atoms with Crippen LogP contribution in [0.2, 0.25) is 0 Å². The van der Waals surface area contributed by atoms with Crippen molar-refractivity contribution in [2.45, 2.75) is 19.1 Å². The van der Waals surface area contributed by atoms with Crippen LogP contribution in [-0.2, 0) is 27.3 Å². The standard InChI is InChI=1S/C27H24FN3O5/c1-35-26(33)18-11-12-21(28)23(13-18)30-25(32)24(14-19-15-29-22-10-6-5-9-20(19)22)31-27(34)36-16-17-7-3-2-4-8-17/h2-13,15,24,29H,14,16H2,1H3,(H,30,32)(H,31,34). The molecule has 0 aliphatic carbocycles. The van der Waals surface area contributed by atoms with Gasteiger partial charge in [0.05, 0.1) is 18.4 Å². The zero-order valence-electron chi connectivity index (χ0n) is 19.4. The predicted octanol–water partition coefficient (Wildman–Crippen LogP) is 4.57. The SMILES string of the molecule is COC(=O)c1ccc(F)c(NC(=O)C(Cc2c[nH]c3ccccc23)NC(=O)OCc2ccccc2)c1. The van der Waals surface area contributed by atoms with E-state index in [1.54, 1.807) is 18.3 Å². The minimum Gasteiger partial charge on any atom is -0.465 e. The van der Waals surface area contributed by atoms with Gasteiger partial charge in [0, 0.05) is 23.5 Å². The molecule has 4 rings (SSSR count). The molecular formula is C27H24FN3O5. The van der Waals surface area contributed by atoms with Gasteiger partial charge in [-0.05, 0) is 35.4 Å². The quantitative estimate of drug-likeness (QED) is 0.314. The van der Waals surface area contributed by atoms with Crippen LogP contribution in [-0.4, -0.2) is 36.1 Å². The number of ether oxygens (including phenoxy) is 2. The number of alkyl carbamates (subject to hydrolysis) is 1. The van der Waals surface area contributed by atoms with Crippen molar-refractivity contribution in [1.29, 1.82) is 0 Å². The van der Waals surface area contributed by atoms with Crippen LogP contribution in [0.5, 0.6) is 0 Å². The van der Waals surface area contributed by atoms with Crippen LogP contribution < -0.4 is 10.6 Å². The first-order valence-electron chi connectivity index (χ1n) is 11.2. The molecular weight excluding hydrogens is 465 g/mol. The number of esters is 1. The third-order valence-electron chi connectivity index (χ3n) is 5.57. The Kier molecular flexibility index (Phi) is 7.60. The Morgan fingerprint density at radius 1 is 1.00 bits per heavy atom. The van der Waals surface area contributed by atoms with Crippen LogP contribution in [0.25, 0.3) is 10.9 Å². The van der Waals surface area contributed by atoms with Crippen molar-refractivity contribution in [2.24, 2.45) is 0 Å². The van der Waals surface area contributed by atoms with Crippen molar-refractivity contribution in [1.82, 2.24) is 10.3 Å². The largest absolute Gasteiger partial charge is 0.465 e. The van der Waals surface area contributed by atoms with Gasteiger partial charge in [-0.15, -0.1) is 0 Å². The monoisotopic (exact) mass is 489 g/mol. The number of anilines is 1. The first-order valence-corrected chi connectivity index (χ1v) is 11.2.